The van der Waals surface area contributed by atoms with Crippen molar-refractivity contribution in [2.75, 3.05) is 24.6 Å². The number of aryl methyl sites for hydroxylation is 1. The lowest BCUT2D eigenvalue weighted by atomic mass is 10.2. The van der Waals surface area contributed by atoms with Gasteiger partial charge in [-0.1, -0.05) is 11.6 Å². The van der Waals surface area contributed by atoms with Crippen molar-refractivity contribution in [1.82, 2.24) is 29.7 Å². The summed E-state index contributed by atoms with van der Waals surface area (Å²) in [5, 5.41) is 7.76. The normalized spacial score (nSPS) is 17.2. The van der Waals surface area contributed by atoms with E-state index >= 15 is 0 Å². The van der Waals surface area contributed by atoms with Crippen LogP contribution in [0.15, 0.2) is 10.8 Å². The third kappa shape index (κ3) is 4.96. The van der Waals surface area contributed by atoms with Crippen molar-refractivity contribution in [3.05, 3.63) is 11.3 Å². The average molecular weight is 496 g/mol. The Morgan fingerprint density at radius 3 is 2.82 bits per heavy atom. The summed E-state index contributed by atoms with van der Waals surface area (Å²) in [4.78, 5) is 23.0. The smallest absolute Gasteiger partial charge is 0.410 e. The Hall–Kier alpha value is -2.73. The molecule has 13 heteroatoms. The molecule has 0 bridgehead atoms. The molecule has 1 amide bonds. The summed E-state index contributed by atoms with van der Waals surface area (Å²) in [6, 6.07) is 0. The fourth-order valence-electron chi connectivity index (χ4n) is 3.50. The molecule has 33 heavy (non-hydrogen) atoms. The molecule has 0 aromatic carbocycles. The summed E-state index contributed by atoms with van der Waals surface area (Å²) in [5.41, 5.74) is 6.65. The maximum Gasteiger partial charge on any atom is 0.410 e. The molecule has 3 aromatic rings. The lowest BCUT2D eigenvalue weighted by molar-refractivity contribution is 0.0256. The van der Waals surface area contributed by atoms with Crippen molar-refractivity contribution < 1.29 is 18.9 Å². The zero-order valence-corrected chi connectivity index (χ0v) is 20.4. The number of carbonyl (C=O) groups is 1. The van der Waals surface area contributed by atoms with Crippen molar-refractivity contribution in [2.24, 2.45) is 0 Å². The van der Waals surface area contributed by atoms with E-state index in [1.54, 1.807) is 22.9 Å². The molecule has 4 heterocycles. The highest BCUT2D eigenvalue weighted by Gasteiger charge is 2.28. The van der Waals surface area contributed by atoms with Crippen LogP contribution in [0.4, 0.5) is 10.6 Å². The first-order chi connectivity index (χ1) is 15.7. The highest BCUT2D eigenvalue weighted by Crippen LogP contribution is 2.36. The molecule has 0 spiro atoms. The first kappa shape index (κ1) is 23.4. The molecule has 1 fully saturated rings. The minimum atomic E-state index is -0.536. The number of rotatable bonds is 4. The lowest BCUT2D eigenvalue weighted by Crippen LogP contribution is -2.38. The molecule has 2 N–H and O–H groups in total. The summed E-state index contributed by atoms with van der Waals surface area (Å²) in [5.74, 6) is 1.85. The standard InChI is InChI=1S/C20H26ClN7O4S/c1-5-28-15-11(10-23-16(21)13(15)24-18(28)14-17(22)26-32-25-14)30-12-6-7-27(8-9-33-12)19(29)31-20(2,3)4/h10,12H,5-9H2,1-4H3,(H2,22,26). The molecule has 3 aromatic heterocycles. The van der Waals surface area contributed by atoms with Gasteiger partial charge in [0.25, 0.3) is 0 Å². The number of nitrogens with zero attached hydrogens (tertiary/aromatic N) is 6. The molecule has 4 rings (SSSR count). The number of hydrogen-bond acceptors (Lipinski definition) is 10. The van der Waals surface area contributed by atoms with E-state index in [-0.39, 0.29) is 22.5 Å². The van der Waals surface area contributed by atoms with Crippen LogP contribution < -0.4 is 10.5 Å². The molecule has 1 saturated heterocycles. The van der Waals surface area contributed by atoms with E-state index in [2.05, 4.69) is 20.3 Å². The Kier molecular flexibility index (Phi) is 6.57. The van der Waals surface area contributed by atoms with Gasteiger partial charge in [-0.2, -0.15) is 0 Å². The topological polar surface area (TPSA) is 134 Å². The maximum absolute atomic E-state index is 12.5. The number of carbonyl (C=O) groups excluding carboxylic acids is 1. The minimum Gasteiger partial charge on any atom is -0.476 e. The van der Waals surface area contributed by atoms with Gasteiger partial charge in [0, 0.05) is 31.8 Å². The van der Waals surface area contributed by atoms with E-state index in [0.717, 1.165) is 0 Å². The van der Waals surface area contributed by atoms with Gasteiger partial charge in [0.2, 0.25) is 0 Å². The van der Waals surface area contributed by atoms with Crippen LogP contribution in [0, 0.1) is 0 Å². The van der Waals surface area contributed by atoms with Crippen LogP contribution in [0.3, 0.4) is 0 Å². The Bertz CT molecular complexity index is 1160. The lowest BCUT2D eigenvalue weighted by Gasteiger charge is -2.26. The number of halogens is 1. The van der Waals surface area contributed by atoms with Gasteiger partial charge in [-0.05, 0) is 38.0 Å². The quantitative estimate of drug-likeness (QED) is 0.532. The predicted octanol–water partition coefficient (Wildman–Crippen LogP) is 3.82. The molecule has 1 aliphatic heterocycles. The second-order valence-electron chi connectivity index (χ2n) is 8.46. The SMILES string of the molecule is CCn1c(-c2nonc2N)nc2c(Cl)ncc(OC3CCN(C(=O)OC(C)(C)C)CCS3)c21. The molecule has 0 radical (unpaired) electrons. The number of anilines is 1. The Labute approximate surface area is 199 Å². The van der Waals surface area contributed by atoms with Crippen LogP contribution in [0.25, 0.3) is 22.6 Å². The van der Waals surface area contributed by atoms with E-state index in [1.165, 1.54) is 0 Å². The number of amides is 1. The second-order valence-corrected chi connectivity index (χ2v) is 10.1. The molecular formula is C20H26ClN7O4S. The van der Waals surface area contributed by atoms with Gasteiger partial charge in [-0.15, -0.1) is 11.8 Å². The van der Waals surface area contributed by atoms with Crippen molar-refractivity contribution >= 4 is 46.3 Å². The number of thioether (sulfide) groups is 1. The highest BCUT2D eigenvalue weighted by atomic mass is 35.5. The van der Waals surface area contributed by atoms with Crippen LogP contribution in [-0.4, -0.2) is 65.7 Å². The number of ether oxygens (including phenoxy) is 2. The van der Waals surface area contributed by atoms with Gasteiger partial charge in [-0.25, -0.2) is 19.4 Å². The van der Waals surface area contributed by atoms with E-state index in [1.807, 2.05) is 32.3 Å². The number of aromatic nitrogens is 5. The van der Waals surface area contributed by atoms with Crippen molar-refractivity contribution in [3.8, 4) is 17.3 Å². The molecule has 11 nitrogen and oxygen atoms in total. The summed E-state index contributed by atoms with van der Waals surface area (Å²) < 4.78 is 18.5. The molecular weight excluding hydrogens is 470 g/mol. The molecule has 1 atom stereocenters. The van der Waals surface area contributed by atoms with Crippen LogP contribution in [0.1, 0.15) is 34.1 Å². The van der Waals surface area contributed by atoms with E-state index in [9.17, 15) is 4.79 Å². The van der Waals surface area contributed by atoms with Crippen molar-refractivity contribution in [2.45, 2.75) is 51.7 Å². The van der Waals surface area contributed by atoms with E-state index < -0.39 is 5.60 Å². The predicted molar refractivity (Wildman–Crippen MR) is 125 cm³/mol. The number of fused-ring (bicyclic) bond motifs is 1. The van der Waals surface area contributed by atoms with Gasteiger partial charge in [-0.3, -0.25) is 0 Å². The maximum atomic E-state index is 12.5. The Morgan fingerprint density at radius 2 is 2.15 bits per heavy atom. The van der Waals surface area contributed by atoms with Crippen LogP contribution >= 0.6 is 23.4 Å². The van der Waals surface area contributed by atoms with Crippen LogP contribution in [-0.2, 0) is 11.3 Å². The highest BCUT2D eigenvalue weighted by molar-refractivity contribution is 7.99. The molecule has 1 unspecified atom stereocenters. The van der Waals surface area contributed by atoms with Crippen LogP contribution in [0.2, 0.25) is 5.15 Å². The van der Waals surface area contributed by atoms with Gasteiger partial charge >= 0.3 is 6.09 Å². The van der Waals surface area contributed by atoms with Gasteiger partial charge in [0.15, 0.2) is 28.2 Å². The monoisotopic (exact) mass is 495 g/mol. The average Bonchev–Trinajstić information content (AvgIpc) is 3.25. The summed E-state index contributed by atoms with van der Waals surface area (Å²) in [6.07, 6.45) is 1.90. The molecule has 0 saturated carbocycles. The Morgan fingerprint density at radius 1 is 1.36 bits per heavy atom. The number of pyridine rings is 1. The summed E-state index contributed by atoms with van der Waals surface area (Å²) >= 11 is 7.98. The van der Waals surface area contributed by atoms with Gasteiger partial charge in [0.05, 0.1) is 6.20 Å². The van der Waals surface area contributed by atoms with E-state index in [0.29, 0.717) is 60.1 Å². The minimum absolute atomic E-state index is 0.133. The molecule has 178 valence electrons. The number of nitrogen functional groups attached to an aromatic ring is 1. The van der Waals surface area contributed by atoms with Crippen molar-refractivity contribution in [1.29, 1.82) is 0 Å². The fourth-order valence-corrected chi connectivity index (χ4v) is 4.72. The first-order valence-corrected chi connectivity index (χ1v) is 12.0. The Balaban J connectivity index is 1.59. The van der Waals surface area contributed by atoms with Crippen molar-refractivity contribution in [3.63, 3.8) is 0 Å². The van der Waals surface area contributed by atoms with Crippen LogP contribution in [0.5, 0.6) is 5.75 Å². The zero-order chi connectivity index (χ0) is 23.8. The second kappa shape index (κ2) is 9.26. The summed E-state index contributed by atoms with van der Waals surface area (Å²) in [6.45, 7) is 9.20. The fraction of sp³-hybridized carbons (Fsp3) is 0.550. The van der Waals surface area contributed by atoms with Gasteiger partial charge in [0.1, 0.15) is 22.1 Å². The zero-order valence-electron chi connectivity index (χ0n) is 18.9. The number of imidazole rings is 1. The van der Waals surface area contributed by atoms with E-state index in [4.69, 9.17) is 31.4 Å². The van der Waals surface area contributed by atoms with Gasteiger partial charge < -0.3 is 24.7 Å². The molecule has 1 aliphatic rings. The number of nitrogens with two attached hydrogens (primary N) is 1. The largest absolute Gasteiger partial charge is 0.476 e. The molecule has 0 aliphatic carbocycles. The third-order valence-corrected chi connectivity index (χ3v) is 6.34. The first-order valence-electron chi connectivity index (χ1n) is 10.6. The number of hydrogen-bond donors (Lipinski definition) is 1. The third-order valence-electron chi connectivity index (χ3n) is 4.94. The summed E-state index contributed by atoms with van der Waals surface area (Å²) in [7, 11) is 0.